The van der Waals surface area contributed by atoms with Gasteiger partial charge in [0.15, 0.2) is 5.69 Å². The fourth-order valence-corrected chi connectivity index (χ4v) is 4.18. The number of amides is 1. The first kappa shape index (κ1) is 20.0. The van der Waals surface area contributed by atoms with Gasteiger partial charge in [-0.1, -0.05) is 23.4 Å². The van der Waals surface area contributed by atoms with Crippen LogP contribution in [0.1, 0.15) is 41.9 Å². The van der Waals surface area contributed by atoms with Gasteiger partial charge in [-0.2, -0.15) is 0 Å². The first-order valence-corrected chi connectivity index (χ1v) is 10.4. The first-order valence-electron chi connectivity index (χ1n) is 10.4. The van der Waals surface area contributed by atoms with Crippen LogP contribution in [-0.4, -0.2) is 76.1 Å². The third-order valence-corrected chi connectivity index (χ3v) is 6.00. The number of hydrogen-bond acceptors (Lipinski definition) is 5. The standard InChI is InChI=1S/C21H28FN5O2/c1-16(14-17-4-2-3-5-19(17)22)25-8-6-18(7-9-25)27-15-20(23-24-27)21(28)26-10-12-29-13-11-26/h2-5,15-16,18H,6-14H2,1H3/t16-/m0/s1. The third-order valence-electron chi connectivity index (χ3n) is 6.00. The van der Waals surface area contributed by atoms with Crippen LogP contribution in [0.2, 0.25) is 0 Å². The molecule has 2 aliphatic heterocycles. The zero-order valence-corrected chi connectivity index (χ0v) is 16.8. The molecule has 2 aromatic rings. The fraction of sp³-hybridized carbons (Fsp3) is 0.571. The van der Waals surface area contributed by atoms with Gasteiger partial charge in [0.2, 0.25) is 0 Å². The summed E-state index contributed by atoms with van der Waals surface area (Å²) < 4.78 is 21.1. The second-order valence-electron chi connectivity index (χ2n) is 7.90. The Kier molecular flexibility index (Phi) is 6.20. The SMILES string of the molecule is C[C@@H](Cc1ccccc1F)N1CCC(n2cc(C(=O)N3CCOCC3)nn2)CC1. The number of benzene rings is 1. The summed E-state index contributed by atoms with van der Waals surface area (Å²) in [6.07, 6.45) is 4.37. The molecule has 4 rings (SSSR count). The molecule has 8 heteroatoms. The summed E-state index contributed by atoms with van der Waals surface area (Å²) in [4.78, 5) is 16.7. The first-order chi connectivity index (χ1) is 14.1. The normalized spacial score (nSPS) is 20.0. The largest absolute Gasteiger partial charge is 0.378 e. The van der Waals surface area contributed by atoms with Crippen LogP contribution in [0.15, 0.2) is 30.5 Å². The molecule has 29 heavy (non-hydrogen) atoms. The minimum absolute atomic E-state index is 0.0736. The van der Waals surface area contributed by atoms with Crippen molar-refractivity contribution in [1.29, 1.82) is 0 Å². The highest BCUT2D eigenvalue weighted by Crippen LogP contribution is 2.24. The molecule has 0 saturated carbocycles. The quantitative estimate of drug-likeness (QED) is 0.768. The van der Waals surface area contributed by atoms with E-state index in [-0.39, 0.29) is 23.8 Å². The molecule has 0 spiro atoms. The molecule has 2 saturated heterocycles. The van der Waals surface area contributed by atoms with Crippen LogP contribution >= 0.6 is 0 Å². The molecule has 2 fully saturated rings. The van der Waals surface area contributed by atoms with E-state index in [1.807, 2.05) is 16.8 Å². The lowest BCUT2D eigenvalue weighted by atomic mass is 10.00. The highest BCUT2D eigenvalue weighted by Gasteiger charge is 2.27. The third kappa shape index (κ3) is 4.64. The lowest BCUT2D eigenvalue weighted by Crippen LogP contribution is -2.41. The molecule has 1 amide bonds. The van der Waals surface area contributed by atoms with Crippen LogP contribution < -0.4 is 0 Å². The van der Waals surface area contributed by atoms with Gasteiger partial charge in [-0.3, -0.25) is 4.79 Å². The van der Waals surface area contributed by atoms with Gasteiger partial charge < -0.3 is 14.5 Å². The van der Waals surface area contributed by atoms with Crippen LogP contribution in [0.5, 0.6) is 0 Å². The van der Waals surface area contributed by atoms with E-state index in [9.17, 15) is 9.18 Å². The van der Waals surface area contributed by atoms with E-state index in [4.69, 9.17) is 4.74 Å². The van der Waals surface area contributed by atoms with Crippen molar-refractivity contribution in [1.82, 2.24) is 24.8 Å². The number of hydrogen-bond donors (Lipinski definition) is 0. The number of likely N-dealkylation sites (tertiary alicyclic amines) is 1. The topological polar surface area (TPSA) is 63.5 Å². The van der Waals surface area contributed by atoms with E-state index in [0.717, 1.165) is 31.5 Å². The molecular weight excluding hydrogens is 373 g/mol. The van der Waals surface area contributed by atoms with Gasteiger partial charge in [-0.25, -0.2) is 9.07 Å². The van der Waals surface area contributed by atoms with Crippen molar-refractivity contribution in [2.45, 2.75) is 38.3 Å². The number of carbonyl (C=O) groups is 1. The minimum atomic E-state index is -0.130. The molecule has 0 unspecified atom stereocenters. The fourth-order valence-electron chi connectivity index (χ4n) is 4.18. The average molecular weight is 401 g/mol. The molecule has 0 aliphatic carbocycles. The van der Waals surface area contributed by atoms with Gasteiger partial charge in [0.05, 0.1) is 25.5 Å². The maximum atomic E-state index is 13.9. The van der Waals surface area contributed by atoms with E-state index >= 15 is 0 Å². The van der Waals surface area contributed by atoms with Crippen molar-refractivity contribution in [2.75, 3.05) is 39.4 Å². The van der Waals surface area contributed by atoms with E-state index < -0.39 is 0 Å². The zero-order chi connectivity index (χ0) is 20.2. The van der Waals surface area contributed by atoms with Crippen molar-refractivity contribution in [3.05, 3.63) is 47.5 Å². The monoisotopic (exact) mass is 401 g/mol. The van der Waals surface area contributed by atoms with E-state index in [1.54, 1.807) is 17.2 Å². The minimum Gasteiger partial charge on any atom is -0.378 e. The van der Waals surface area contributed by atoms with E-state index in [2.05, 4.69) is 22.1 Å². The maximum absolute atomic E-state index is 13.9. The van der Waals surface area contributed by atoms with Crippen molar-refractivity contribution >= 4 is 5.91 Å². The Morgan fingerprint density at radius 2 is 1.93 bits per heavy atom. The Labute approximate surface area is 170 Å². The number of rotatable bonds is 5. The Hall–Kier alpha value is -2.32. The second kappa shape index (κ2) is 9.00. The summed E-state index contributed by atoms with van der Waals surface area (Å²) in [5.41, 5.74) is 1.17. The summed E-state index contributed by atoms with van der Waals surface area (Å²) in [6, 6.07) is 7.52. The second-order valence-corrected chi connectivity index (χ2v) is 7.90. The molecular formula is C21H28FN5O2. The van der Waals surface area contributed by atoms with Gasteiger partial charge in [0, 0.05) is 32.2 Å². The highest BCUT2D eigenvalue weighted by molar-refractivity contribution is 5.92. The Morgan fingerprint density at radius 3 is 2.66 bits per heavy atom. The summed E-state index contributed by atoms with van der Waals surface area (Å²) in [5, 5.41) is 8.34. The molecule has 1 atom stereocenters. The summed E-state index contributed by atoms with van der Waals surface area (Å²) in [6.45, 7) is 6.35. The number of ether oxygens (including phenoxy) is 1. The van der Waals surface area contributed by atoms with Crippen LogP contribution in [-0.2, 0) is 11.2 Å². The summed E-state index contributed by atoms with van der Waals surface area (Å²) >= 11 is 0. The van der Waals surface area contributed by atoms with Crippen LogP contribution in [0.25, 0.3) is 0 Å². The Bertz CT molecular complexity index is 828. The van der Waals surface area contributed by atoms with Gasteiger partial charge in [-0.05, 0) is 37.8 Å². The molecule has 0 N–H and O–H groups in total. The predicted octanol–water partition coefficient (Wildman–Crippen LogP) is 2.16. The van der Waals surface area contributed by atoms with Crippen molar-refractivity contribution in [3.63, 3.8) is 0 Å². The van der Waals surface area contributed by atoms with Crippen molar-refractivity contribution in [3.8, 4) is 0 Å². The molecule has 0 bridgehead atoms. The highest BCUT2D eigenvalue weighted by atomic mass is 19.1. The molecule has 1 aromatic heterocycles. The van der Waals surface area contributed by atoms with Crippen LogP contribution in [0.3, 0.4) is 0 Å². The molecule has 156 valence electrons. The average Bonchev–Trinajstić information content (AvgIpc) is 3.26. The van der Waals surface area contributed by atoms with Gasteiger partial charge in [0.25, 0.3) is 5.91 Å². The lowest BCUT2D eigenvalue weighted by Gasteiger charge is -2.36. The summed E-state index contributed by atoms with van der Waals surface area (Å²) in [7, 11) is 0. The summed E-state index contributed by atoms with van der Waals surface area (Å²) in [5.74, 6) is -0.204. The Morgan fingerprint density at radius 1 is 1.21 bits per heavy atom. The van der Waals surface area contributed by atoms with Gasteiger partial charge >= 0.3 is 0 Å². The van der Waals surface area contributed by atoms with E-state index in [0.29, 0.717) is 38.4 Å². The molecule has 1 aromatic carbocycles. The van der Waals surface area contributed by atoms with Crippen LogP contribution in [0.4, 0.5) is 4.39 Å². The van der Waals surface area contributed by atoms with Crippen molar-refractivity contribution in [2.24, 2.45) is 0 Å². The number of halogens is 1. The number of piperidine rings is 1. The number of morpholine rings is 1. The number of nitrogens with zero attached hydrogens (tertiary/aromatic N) is 5. The number of carbonyl (C=O) groups excluding carboxylic acids is 1. The van der Waals surface area contributed by atoms with Crippen molar-refractivity contribution < 1.29 is 13.9 Å². The van der Waals surface area contributed by atoms with Crippen LogP contribution in [0, 0.1) is 5.82 Å². The molecule has 7 nitrogen and oxygen atoms in total. The Balaban J connectivity index is 1.31. The number of aromatic nitrogens is 3. The zero-order valence-electron chi connectivity index (χ0n) is 16.8. The molecule has 3 heterocycles. The molecule has 2 aliphatic rings. The smallest absolute Gasteiger partial charge is 0.276 e. The molecule has 0 radical (unpaired) electrons. The van der Waals surface area contributed by atoms with Gasteiger partial charge in [-0.15, -0.1) is 5.10 Å². The lowest BCUT2D eigenvalue weighted by molar-refractivity contribution is 0.0299. The predicted molar refractivity (Wildman–Crippen MR) is 106 cm³/mol. The van der Waals surface area contributed by atoms with E-state index in [1.165, 1.54) is 6.07 Å². The maximum Gasteiger partial charge on any atom is 0.276 e. The van der Waals surface area contributed by atoms with Gasteiger partial charge in [0.1, 0.15) is 5.82 Å².